The summed E-state index contributed by atoms with van der Waals surface area (Å²) in [6.07, 6.45) is -2.00. The normalized spacial score (nSPS) is 13.1. The number of alkyl halides is 3. The molecule has 2 N–H and O–H groups in total. The summed E-state index contributed by atoms with van der Waals surface area (Å²) in [5.41, 5.74) is -0.196. The van der Waals surface area contributed by atoms with Crippen molar-refractivity contribution in [2.24, 2.45) is 0 Å². The third-order valence-electron chi connectivity index (χ3n) is 4.35. The third-order valence-corrected chi connectivity index (χ3v) is 5.80. The Kier molecular flexibility index (Phi) is 6.81. The first-order valence-electron chi connectivity index (χ1n) is 9.22. The number of amides is 1. The van der Waals surface area contributed by atoms with Crippen LogP contribution < -0.4 is 18.9 Å². The summed E-state index contributed by atoms with van der Waals surface area (Å²) in [6, 6.07) is 9.34. The lowest BCUT2D eigenvalue weighted by molar-refractivity contribution is -0.274. The van der Waals surface area contributed by atoms with Gasteiger partial charge in [-0.3, -0.25) is 14.2 Å². The molecule has 0 saturated heterocycles. The molecule has 0 aliphatic rings. The largest absolute Gasteiger partial charge is 0.573 e. The lowest BCUT2D eigenvalue weighted by Crippen LogP contribution is -2.30. The molecule has 0 saturated carbocycles. The highest BCUT2D eigenvalue weighted by molar-refractivity contribution is 7.91. The maximum Gasteiger partial charge on any atom is 0.573 e. The zero-order valence-corrected chi connectivity index (χ0v) is 18.2. The highest BCUT2D eigenvalue weighted by Crippen LogP contribution is 2.33. The lowest BCUT2D eigenvalue weighted by Gasteiger charge is -2.17. The molecule has 0 fully saturated rings. The molecule has 176 valence electrons. The topological polar surface area (TPSA) is 116 Å². The number of nitrogens with zero attached hydrogens (tertiary/aromatic N) is 2. The van der Waals surface area contributed by atoms with Crippen LogP contribution in [0.5, 0.6) is 17.2 Å². The first-order chi connectivity index (χ1) is 15.5. The van der Waals surface area contributed by atoms with E-state index in [0.29, 0.717) is 0 Å². The zero-order valence-electron chi connectivity index (χ0n) is 17.4. The van der Waals surface area contributed by atoms with Crippen molar-refractivity contribution in [3.63, 3.8) is 0 Å². The second-order valence-corrected chi connectivity index (χ2v) is 8.28. The summed E-state index contributed by atoms with van der Waals surface area (Å²) in [5, 5.41) is 3.94. The molecular weight excluding hydrogens is 465 g/mol. The number of aromatic nitrogens is 2. The number of rotatable bonds is 8. The van der Waals surface area contributed by atoms with Crippen LogP contribution in [0.2, 0.25) is 0 Å². The van der Waals surface area contributed by atoms with E-state index >= 15 is 0 Å². The van der Waals surface area contributed by atoms with Gasteiger partial charge in [0.25, 0.3) is 5.91 Å². The predicted octanol–water partition coefficient (Wildman–Crippen LogP) is 3.60. The minimum atomic E-state index is -5.01. The van der Waals surface area contributed by atoms with Gasteiger partial charge in [-0.05, 0) is 30.3 Å². The Labute approximate surface area is 187 Å². The number of hydrogen-bond acceptors (Lipinski definition) is 7. The van der Waals surface area contributed by atoms with E-state index in [1.807, 2.05) is 4.72 Å². The number of halogens is 3. The van der Waals surface area contributed by atoms with Gasteiger partial charge in [-0.2, -0.15) is 5.10 Å². The van der Waals surface area contributed by atoms with Gasteiger partial charge in [0.05, 0.1) is 20.8 Å². The average Bonchev–Trinajstić information content (AvgIpc) is 3.26. The lowest BCUT2D eigenvalue weighted by atomic mass is 10.1. The van der Waals surface area contributed by atoms with E-state index in [-0.39, 0.29) is 34.1 Å². The Morgan fingerprint density at radius 2 is 1.79 bits per heavy atom. The van der Waals surface area contributed by atoms with Gasteiger partial charge >= 0.3 is 6.36 Å². The number of carbonyl (C=O) groups is 1. The molecule has 1 aromatic heterocycles. The number of methoxy groups -OCH3 is 2. The van der Waals surface area contributed by atoms with Gasteiger partial charge in [-0.1, -0.05) is 12.1 Å². The van der Waals surface area contributed by atoms with Crippen molar-refractivity contribution in [3.8, 4) is 17.2 Å². The van der Waals surface area contributed by atoms with Crippen molar-refractivity contribution < 1.29 is 36.4 Å². The van der Waals surface area contributed by atoms with Crippen LogP contribution in [0.4, 0.5) is 13.2 Å². The molecule has 9 nitrogen and oxygen atoms in total. The van der Waals surface area contributed by atoms with Crippen LogP contribution in [0.15, 0.2) is 59.8 Å². The number of nitrogens with one attached hydrogen (secondary N) is 2. The van der Waals surface area contributed by atoms with Gasteiger partial charge in [0.15, 0.2) is 14.8 Å². The van der Waals surface area contributed by atoms with Gasteiger partial charge in [0.1, 0.15) is 17.2 Å². The second kappa shape index (κ2) is 9.40. The maximum absolute atomic E-state index is 13.1. The molecule has 0 bridgehead atoms. The molecule has 33 heavy (non-hydrogen) atoms. The zero-order chi connectivity index (χ0) is 24.2. The SMILES string of the molecule is COc1cccc(OC)c1[S@](=N)(=O)NC(=O)c1ccc(Cn2cccn2)c(OC(F)(F)F)c1. The van der Waals surface area contributed by atoms with E-state index in [2.05, 4.69) is 9.84 Å². The van der Waals surface area contributed by atoms with Crippen LogP contribution in [0.3, 0.4) is 0 Å². The minimum Gasteiger partial charge on any atom is -0.495 e. The van der Waals surface area contributed by atoms with Crippen molar-refractivity contribution in [3.05, 3.63) is 66.0 Å². The summed E-state index contributed by atoms with van der Waals surface area (Å²) in [5.74, 6) is -1.62. The molecule has 0 spiro atoms. The first kappa shape index (κ1) is 23.9. The number of benzene rings is 2. The average molecular weight is 484 g/mol. The first-order valence-corrected chi connectivity index (χ1v) is 10.8. The van der Waals surface area contributed by atoms with Crippen LogP contribution in [-0.4, -0.2) is 40.5 Å². The van der Waals surface area contributed by atoms with Gasteiger partial charge in [-0.15, -0.1) is 13.2 Å². The Morgan fingerprint density at radius 3 is 2.33 bits per heavy atom. The Bertz CT molecular complexity index is 1220. The van der Waals surface area contributed by atoms with E-state index in [1.54, 1.807) is 12.3 Å². The van der Waals surface area contributed by atoms with Crippen molar-refractivity contribution in [2.75, 3.05) is 14.2 Å². The summed E-state index contributed by atoms with van der Waals surface area (Å²) < 4.78 is 77.9. The maximum atomic E-state index is 13.1. The standard InChI is InChI=1S/C20H19F3N4O5S/c1-30-15-5-3-6-16(31-2)18(15)33(24,29)26-19(28)13-7-8-14(12-27-10-4-9-25-27)17(11-13)32-20(21,22)23/h3-11H,12H2,1-2H3,(H2,24,26,28,29)/t33-/m1/s1. The second-order valence-electron chi connectivity index (χ2n) is 6.55. The van der Waals surface area contributed by atoms with Crippen molar-refractivity contribution in [1.29, 1.82) is 4.78 Å². The molecule has 0 aliphatic carbocycles. The Hall–Kier alpha value is -3.74. The van der Waals surface area contributed by atoms with E-state index in [4.69, 9.17) is 14.3 Å². The van der Waals surface area contributed by atoms with E-state index in [1.165, 1.54) is 55.4 Å². The van der Waals surface area contributed by atoms with Crippen LogP contribution in [0.1, 0.15) is 15.9 Å². The molecule has 1 heterocycles. The Balaban J connectivity index is 1.95. The summed E-state index contributed by atoms with van der Waals surface area (Å²) in [4.78, 5) is 12.5. The molecule has 0 unspecified atom stereocenters. The van der Waals surface area contributed by atoms with Crippen LogP contribution in [0, 0.1) is 4.78 Å². The molecule has 3 rings (SSSR count). The summed E-state index contributed by atoms with van der Waals surface area (Å²) in [6.45, 7) is -0.0477. The molecule has 0 radical (unpaired) electrons. The smallest absolute Gasteiger partial charge is 0.495 e. The van der Waals surface area contributed by atoms with Gasteiger partial charge in [0, 0.05) is 23.5 Å². The quantitative estimate of drug-likeness (QED) is 0.505. The molecule has 3 aromatic rings. The fourth-order valence-corrected chi connectivity index (χ4v) is 4.31. The molecule has 1 amide bonds. The van der Waals surface area contributed by atoms with Gasteiger partial charge < -0.3 is 14.2 Å². The van der Waals surface area contributed by atoms with Crippen molar-refractivity contribution >= 4 is 15.8 Å². The highest BCUT2D eigenvalue weighted by atomic mass is 32.2. The van der Waals surface area contributed by atoms with Crippen molar-refractivity contribution in [1.82, 2.24) is 14.5 Å². The minimum absolute atomic E-state index is 0.0327. The third kappa shape index (κ3) is 5.74. The molecule has 13 heteroatoms. The summed E-state index contributed by atoms with van der Waals surface area (Å²) >= 11 is 0. The van der Waals surface area contributed by atoms with E-state index in [9.17, 15) is 22.2 Å². The monoisotopic (exact) mass is 484 g/mol. The van der Waals surface area contributed by atoms with Crippen LogP contribution >= 0.6 is 0 Å². The molecule has 2 aromatic carbocycles. The highest BCUT2D eigenvalue weighted by Gasteiger charge is 2.33. The fourth-order valence-electron chi connectivity index (χ4n) is 2.96. The van der Waals surface area contributed by atoms with Gasteiger partial charge in [0.2, 0.25) is 0 Å². The van der Waals surface area contributed by atoms with E-state index in [0.717, 1.165) is 6.07 Å². The molecule has 1 atom stereocenters. The number of carbonyl (C=O) groups excluding carboxylic acids is 1. The van der Waals surface area contributed by atoms with E-state index < -0.39 is 27.9 Å². The Morgan fingerprint density at radius 1 is 1.12 bits per heavy atom. The molecular formula is C20H19F3N4O5S. The van der Waals surface area contributed by atoms with Crippen molar-refractivity contribution in [2.45, 2.75) is 17.8 Å². The summed E-state index contributed by atoms with van der Waals surface area (Å²) in [7, 11) is -1.45. The van der Waals surface area contributed by atoms with Gasteiger partial charge in [-0.25, -0.2) is 8.99 Å². The van der Waals surface area contributed by atoms with Crippen LogP contribution in [0.25, 0.3) is 0 Å². The number of hydrogen-bond donors (Lipinski definition) is 2. The van der Waals surface area contributed by atoms with Crippen LogP contribution in [-0.2, 0) is 16.5 Å². The fraction of sp³-hybridized carbons (Fsp3) is 0.200. The predicted molar refractivity (Wildman–Crippen MR) is 111 cm³/mol. The number of ether oxygens (including phenoxy) is 3. The molecule has 0 aliphatic heterocycles.